The standard InChI is InChI=1S/C15H13Cl3FN/c1-2-20-8-9-3-4-11(19)7-12(9)15-13(17)5-10(16)6-14(15)18/h3-7,20H,2,8H2,1H3. The summed E-state index contributed by atoms with van der Waals surface area (Å²) < 4.78 is 13.6. The summed E-state index contributed by atoms with van der Waals surface area (Å²) in [4.78, 5) is 0. The highest BCUT2D eigenvalue weighted by Gasteiger charge is 2.14. The molecule has 0 saturated heterocycles. The molecule has 0 aliphatic heterocycles. The lowest BCUT2D eigenvalue weighted by Crippen LogP contribution is -2.12. The molecule has 0 radical (unpaired) electrons. The van der Waals surface area contributed by atoms with Crippen LogP contribution in [0.2, 0.25) is 15.1 Å². The lowest BCUT2D eigenvalue weighted by Gasteiger charge is -2.14. The van der Waals surface area contributed by atoms with Gasteiger partial charge in [0.15, 0.2) is 0 Å². The largest absolute Gasteiger partial charge is 0.313 e. The Hall–Kier alpha value is -0.800. The van der Waals surface area contributed by atoms with Gasteiger partial charge in [0.2, 0.25) is 0 Å². The molecular formula is C15H13Cl3FN. The van der Waals surface area contributed by atoms with E-state index in [2.05, 4.69) is 5.32 Å². The Labute approximate surface area is 132 Å². The van der Waals surface area contributed by atoms with Crippen molar-refractivity contribution in [1.82, 2.24) is 5.32 Å². The minimum absolute atomic E-state index is 0.331. The third-order valence-corrected chi connectivity index (χ3v) is 3.73. The Kier molecular flexibility index (Phi) is 5.28. The fourth-order valence-electron chi connectivity index (χ4n) is 1.99. The smallest absolute Gasteiger partial charge is 0.123 e. The minimum atomic E-state index is -0.331. The molecule has 2 aromatic rings. The first-order valence-corrected chi connectivity index (χ1v) is 7.30. The van der Waals surface area contributed by atoms with Crippen LogP contribution in [0.3, 0.4) is 0 Å². The fourth-order valence-corrected chi connectivity index (χ4v) is 3.02. The molecule has 0 spiro atoms. The normalized spacial score (nSPS) is 10.8. The third kappa shape index (κ3) is 3.44. The van der Waals surface area contributed by atoms with E-state index in [1.54, 1.807) is 18.2 Å². The molecule has 0 atom stereocenters. The molecule has 2 rings (SSSR count). The molecule has 2 aromatic carbocycles. The van der Waals surface area contributed by atoms with Crippen LogP contribution in [0, 0.1) is 5.82 Å². The van der Waals surface area contributed by atoms with E-state index in [9.17, 15) is 4.39 Å². The van der Waals surface area contributed by atoms with Crippen LogP contribution in [0.15, 0.2) is 30.3 Å². The van der Waals surface area contributed by atoms with Gasteiger partial charge in [0, 0.05) is 17.1 Å². The van der Waals surface area contributed by atoms with E-state index < -0.39 is 0 Å². The Bertz CT molecular complexity index is 606. The summed E-state index contributed by atoms with van der Waals surface area (Å²) in [7, 11) is 0. The van der Waals surface area contributed by atoms with Crippen LogP contribution < -0.4 is 5.32 Å². The quantitative estimate of drug-likeness (QED) is 0.772. The van der Waals surface area contributed by atoms with E-state index in [0.717, 1.165) is 12.1 Å². The van der Waals surface area contributed by atoms with E-state index >= 15 is 0 Å². The van der Waals surface area contributed by atoms with Gasteiger partial charge in [-0.3, -0.25) is 0 Å². The first-order chi connectivity index (χ1) is 9.52. The van der Waals surface area contributed by atoms with Crippen molar-refractivity contribution in [3.63, 3.8) is 0 Å². The summed E-state index contributed by atoms with van der Waals surface area (Å²) >= 11 is 18.3. The van der Waals surface area contributed by atoms with Crippen LogP contribution in [0.4, 0.5) is 4.39 Å². The summed E-state index contributed by atoms with van der Waals surface area (Å²) in [5.41, 5.74) is 2.21. The molecule has 1 nitrogen and oxygen atoms in total. The van der Waals surface area contributed by atoms with Crippen LogP contribution in [0.5, 0.6) is 0 Å². The maximum Gasteiger partial charge on any atom is 0.123 e. The zero-order chi connectivity index (χ0) is 14.7. The molecular weight excluding hydrogens is 320 g/mol. The van der Waals surface area contributed by atoms with Gasteiger partial charge in [0.25, 0.3) is 0 Å². The molecule has 20 heavy (non-hydrogen) atoms. The summed E-state index contributed by atoms with van der Waals surface area (Å²) in [6.07, 6.45) is 0. The number of hydrogen-bond acceptors (Lipinski definition) is 1. The zero-order valence-electron chi connectivity index (χ0n) is 10.8. The number of nitrogens with one attached hydrogen (secondary N) is 1. The van der Waals surface area contributed by atoms with Crippen LogP contribution in [-0.4, -0.2) is 6.54 Å². The molecule has 1 N–H and O–H groups in total. The summed E-state index contributed by atoms with van der Waals surface area (Å²) in [6, 6.07) is 7.80. The predicted molar refractivity (Wildman–Crippen MR) is 84.2 cm³/mol. The Morgan fingerprint density at radius 2 is 1.70 bits per heavy atom. The molecule has 0 fully saturated rings. The van der Waals surface area contributed by atoms with Gasteiger partial charge >= 0.3 is 0 Å². The topological polar surface area (TPSA) is 12.0 Å². The van der Waals surface area contributed by atoms with Gasteiger partial charge in [-0.15, -0.1) is 0 Å². The van der Waals surface area contributed by atoms with Crippen LogP contribution in [0.1, 0.15) is 12.5 Å². The lowest BCUT2D eigenvalue weighted by molar-refractivity contribution is 0.626. The predicted octanol–water partition coefficient (Wildman–Crippen LogP) is 5.56. The molecule has 0 heterocycles. The number of benzene rings is 2. The number of halogens is 4. The van der Waals surface area contributed by atoms with Crippen LogP contribution >= 0.6 is 34.8 Å². The van der Waals surface area contributed by atoms with E-state index in [0.29, 0.717) is 32.7 Å². The van der Waals surface area contributed by atoms with Crippen LogP contribution in [-0.2, 0) is 6.54 Å². The summed E-state index contributed by atoms with van der Waals surface area (Å²) in [5, 5.41) is 4.48. The van der Waals surface area contributed by atoms with Crippen molar-refractivity contribution in [3.8, 4) is 11.1 Å². The van der Waals surface area contributed by atoms with E-state index in [1.807, 2.05) is 6.92 Å². The zero-order valence-corrected chi connectivity index (χ0v) is 13.1. The van der Waals surface area contributed by atoms with Crippen molar-refractivity contribution in [2.45, 2.75) is 13.5 Å². The highest BCUT2D eigenvalue weighted by Crippen LogP contribution is 2.39. The van der Waals surface area contributed by atoms with Crippen molar-refractivity contribution in [2.75, 3.05) is 6.54 Å². The molecule has 0 unspecified atom stereocenters. The van der Waals surface area contributed by atoms with Gasteiger partial charge in [-0.2, -0.15) is 0 Å². The second-order valence-electron chi connectivity index (χ2n) is 4.33. The second-order valence-corrected chi connectivity index (χ2v) is 5.58. The first kappa shape index (κ1) is 15.6. The van der Waals surface area contributed by atoms with Crippen molar-refractivity contribution in [2.24, 2.45) is 0 Å². The lowest BCUT2D eigenvalue weighted by atomic mass is 9.99. The van der Waals surface area contributed by atoms with Gasteiger partial charge in [-0.05, 0) is 41.9 Å². The summed E-state index contributed by atoms with van der Waals surface area (Å²) in [6.45, 7) is 3.44. The monoisotopic (exact) mass is 331 g/mol. The van der Waals surface area contributed by atoms with Crippen LogP contribution in [0.25, 0.3) is 11.1 Å². The maximum absolute atomic E-state index is 13.6. The van der Waals surface area contributed by atoms with Crippen molar-refractivity contribution in [1.29, 1.82) is 0 Å². The van der Waals surface area contributed by atoms with E-state index in [4.69, 9.17) is 34.8 Å². The minimum Gasteiger partial charge on any atom is -0.313 e. The van der Waals surface area contributed by atoms with Crippen molar-refractivity contribution >= 4 is 34.8 Å². The maximum atomic E-state index is 13.6. The van der Waals surface area contributed by atoms with E-state index in [1.165, 1.54) is 12.1 Å². The molecule has 0 bridgehead atoms. The van der Waals surface area contributed by atoms with Gasteiger partial charge in [0.05, 0.1) is 10.0 Å². The van der Waals surface area contributed by atoms with E-state index in [-0.39, 0.29) is 5.82 Å². The Morgan fingerprint density at radius 1 is 1.05 bits per heavy atom. The van der Waals surface area contributed by atoms with Crippen molar-refractivity contribution < 1.29 is 4.39 Å². The third-order valence-electron chi connectivity index (χ3n) is 2.91. The SMILES string of the molecule is CCNCc1ccc(F)cc1-c1c(Cl)cc(Cl)cc1Cl. The molecule has 106 valence electrons. The first-order valence-electron chi connectivity index (χ1n) is 6.17. The Morgan fingerprint density at radius 3 is 2.30 bits per heavy atom. The molecule has 0 aliphatic rings. The molecule has 0 aliphatic carbocycles. The summed E-state index contributed by atoms with van der Waals surface area (Å²) in [5.74, 6) is -0.331. The number of rotatable bonds is 4. The average Bonchev–Trinajstić information content (AvgIpc) is 2.36. The molecule has 0 aromatic heterocycles. The Balaban J connectivity index is 2.59. The second kappa shape index (κ2) is 6.77. The highest BCUT2D eigenvalue weighted by molar-refractivity contribution is 6.41. The van der Waals surface area contributed by atoms with Gasteiger partial charge in [-0.1, -0.05) is 47.8 Å². The average molecular weight is 333 g/mol. The fraction of sp³-hybridized carbons (Fsp3) is 0.200. The van der Waals surface area contributed by atoms with Gasteiger partial charge in [0.1, 0.15) is 5.82 Å². The molecule has 0 amide bonds. The van der Waals surface area contributed by atoms with Gasteiger partial charge < -0.3 is 5.32 Å². The highest BCUT2D eigenvalue weighted by atomic mass is 35.5. The molecule has 5 heteroatoms. The van der Waals surface area contributed by atoms with Crippen molar-refractivity contribution in [3.05, 3.63) is 56.8 Å². The molecule has 0 saturated carbocycles. The van der Waals surface area contributed by atoms with Gasteiger partial charge in [-0.25, -0.2) is 4.39 Å². The number of hydrogen-bond donors (Lipinski definition) is 1.